The van der Waals surface area contributed by atoms with Crippen LogP contribution in [0.3, 0.4) is 0 Å². The van der Waals surface area contributed by atoms with Crippen LogP contribution in [0.1, 0.15) is 23.8 Å². The van der Waals surface area contributed by atoms with Crippen molar-refractivity contribution in [3.05, 3.63) is 46.2 Å². The predicted molar refractivity (Wildman–Crippen MR) is 86.1 cm³/mol. The number of ether oxygens (including phenoxy) is 2. The molecule has 1 aliphatic rings. The number of thiophene rings is 1. The molecule has 0 radical (unpaired) electrons. The van der Waals surface area contributed by atoms with Gasteiger partial charge in [-0.15, -0.1) is 11.3 Å². The van der Waals surface area contributed by atoms with E-state index in [1.807, 2.05) is 23.5 Å². The van der Waals surface area contributed by atoms with Crippen molar-refractivity contribution in [2.75, 3.05) is 13.7 Å². The van der Waals surface area contributed by atoms with Crippen molar-refractivity contribution < 1.29 is 9.47 Å². The first-order valence-electron chi connectivity index (χ1n) is 7.36. The molecule has 4 heteroatoms. The lowest BCUT2D eigenvalue weighted by Crippen LogP contribution is -2.31. The van der Waals surface area contributed by atoms with E-state index in [4.69, 9.17) is 9.47 Å². The van der Waals surface area contributed by atoms with Gasteiger partial charge in [-0.25, -0.2) is 0 Å². The molecule has 0 aliphatic carbocycles. The SMILES string of the molecule is CC[C@@H]1CN(Cc2cccs2)Cc2cc(OC)ccc2O1. The summed E-state index contributed by atoms with van der Waals surface area (Å²) < 4.78 is 11.5. The fourth-order valence-corrected chi connectivity index (χ4v) is 3.43. The maximum absolute atomic E-state index is 6.16. The Hall–Kier alpha value is -1.52. The quantitative estimate of drug-likeness (QED) is 0.854. The Balaban J connectivity index is 1.85. The summed E-state index contributed by atoms with van der Waals surface area (Å²) in [5, 5.41) is 2.14. The Bertz CT molecular complexity index is 582. The van der Waals surface area contributed by atoms with Crippen LogP contribution in [-0.4, -0.2) is 24.7 Å². The molecule has 3 nitrogen and oxygen atoms in total. The van der Waals surface area contributed by atoms with Gasteiger partial charge < -0.3 is 9.47 Å². The van der Waals surface area contributed by atoms with E-state index in [-0.39, 0.29) is 6.10 Å². The third kappa shape index (κ3) is 3.39. The van der Waals surface area contributed by atoms with Gasteiger partial charge in [0.05, 0.1) is 7.11 Å². The zero-order chi connectivity index (χ0) is 14.7. The highest BCUT2D eigenvalue weighted by atomic mass is 32.1. The monoisotopic (exact) mass is 303 g/mol. The molecule has 1 aliphatic heterocycles. The summed E-state index contributed by atoms with van der Waals surface area (Å²) in [4.78, 5) is 3.86. The molecule has 1 atom stereocenters. The zero-order valence-corrected chi connectivity index (χ0v) is 13.4. The highest BCUT2D eigenvalue weighted by molar-refractivity contribution is 7.09. The summed E-state index contributed by atoms with van der Waals surface area (Å²) in [5.41, 5.74) is 1.21. The lowest BCUT2D eigenvalue weighted by Gasteiger charge is -2.22. The molecular weight excluding hydrogens is 282 g/mol. The fourth-order valence-electron chi connectivity index (χ4n) is 2.69. The molecule has 0 spiro atoms. The minimum Gasteiger partial charge on any atom is -0.497 e. The molecule has 0 N–H and O–H groups in total. The second-order valence-corrected chi connectivity index (χ2v) is 6.40. The number of rotatable bonds is 4. The Morgan fingerprint density at radius 2 is 2.29 bits per heavy atom. The van der Waals surface area contributed by atoms with Gasteiger partial charge in [-0.3, -0.25) is 4.90 Å². The van der Waals surface area contributed by atoms with Gasteiger partial charge in [-0.1, -0.05) is 13.0 Å². The van der Waals surface area contributed by atoms with Gasteiger partial charge in [0, 0.05) is 30.1 Å². The van der Waals surface area contributed by atoms with Crippen molar-refractivity contribution in [1.29, 1.82) is 0 Å². The van der Waals surface area contributed by atoms with E-state index in [2.05, 4.69) is 35.4 Å². The molecule has 2 aromatic rings. The maximum atomic E-state index is 6.16. The number of fused-ring (bicyclic) bond motifs is 1. The zero-order valence-electron chi connectivity index (χ0n) is 12.5. The van der Waals surface area contributed by atoms with Crippen LogP contribution in [0.5, 0.6) is 11.5 Å². The second kappa shape index (κ2) is 6.50. The van der Waals surface area contributed by atoms with Crippen LogP contribution >= 0.6 is 11.3 Å². The molecule has 2 heterocycles. The van der Waals surface area contributed by atoms with Gasteiger partial charge in [0.15, 0.2) is 0 Å². The van der Waals surface area contributed by atoms with Crippen molar-refractivity contribution in [2.45, 2.75) is 32.5 Å². The maximum Gasteiger partial charge on any atom is 0.124 e. The summed E-state index contributed by atoms with van der Waals surface area (Å²) in [6, 6.07) is 10.4. The first-order valence-corrected chi connectivity index (χ1v) is 8.24. The predicted octanol–water partition coefficient (Wildman–Crippen LogP) is 3.93. The molecule has 0 bridgehead atoms. The Labute approximate surface area is 130 Å². The number of methoxy groups -OCH3 is 1. The van der Waals surface area contributed by atoms with Gasteiger partial charge in [-0.05, 0) is 36.1 Å². The molecule has 0 fully saturated rings. The van der Waals surface area contributed by atoms with Crippen molar-refractivity contribution in [3.63, 3.8) is 0 Å². The van der Waals surface area contributed by atoms with Crippen LogP contribution in [0.15, 0.2) is 35.7 Å². The van der Waals surface area contributed by atoms with Gasteiger partial charge >= 0.3 is 0 Å². The minimum atomic E-state index is 0.250. The van der Waals surface area contributed by atoms with Crippen LogP contribution < -0.4 is 9.47 Å². The lowest BCUT2D eigenvalue weighted by atomic mass is 10.1. The molecule has 3 rings (SSSR count). The summed E-state index contributed by atoms with van der Waals surface area (Å²) in [5.74, 6) is 1.89. The van der Waals surface area contributed by atoms with Gasteiger partial charge in [0.2, 0.25) is 0 Å². The number of benzene rings is 1. The molecule has 0 unspecified atom stereocenters. The molecule has 0 amide bonds. The third-order valence-corrected chi connectivity index (χ3v) is 4.69. The van der Waals surface area contributed by atoms with Gasteiger partial charge in [-0.2, -0.15) is 0 Å². The largest absolute Gasteiger partial charge is 0.497 e. The minimum absolute atomic E-state index is 0.250. The molecule has 21 heavy (non-hydrogen) atoms. The van der Waals surface area contributed by atoms with Crippen LogP contribution in [0.25, 0.3) is 0 Å². The van der Waals surface area contributed by atoms with E-state index in [0.717, 1.165) is 37.6 Å². The van der Waals surface area contributed by atoms with E-state index < -0.39 is 0 Å². The normalized spacial score (nSPS) is 18.7. The first-order chi connectivity index (χ1) is 10.3. The summed E-state index contributed by atoms with van der Waals surface area (Å²) in [6.45, 7) is 5.03. The van der Waals surface area contributed by atoms with E-state index in [1.54, 1.807) is 7.11 Å². The Morgan fingerprint density at radius 1 is 1.38 bits per heavy atom. The van der Waals surface area contributed by atoms with E-state index >= 15 is 0 Å². The molecule has 0 saturated heterocycles. The fraction of sp³-hybridized carbons (Fsp3) is 0.412. The van der Waals surface area contributed by atoms with Crippen molar-refractivity contribution in [1.82, 2.24) is 4.90 Å². The highest BCUT2D eigenvalue weighted by Gasteiger charge is 2.22. The van der Waals surface area contributed by atoms with Crippen LogP contribution in [0.2, 0.25) is 0 Å². The summed E-state index contributed by atoms with van der Waals surface area (Å²) in [7, 11) is 1.71. The van der Waals surface area contributed by atoms with E-state index in [9.17, 15) is 0 Å². The Morgan fingerprint density at radius 3 is 3.00 bits per heavy atom. The van der Waals surface area contributed by atoms with Crippen LogP contribution in [-0.2, 0) is 13.1 Å². The molecular formula is C17H21NO2S. The van der Waals surface area contributed by atoms with Crippen molar-refractivity contribution in [3.8, 4) is 11.5 Å². The van der Waals surface area contributed by atoms with E-state index in [0.29, 0.717) is 0 Å². The summed E-state index contributed by atoms with van der Waals surface area (Å²) >= 11 is 1.81. The van der Waals surface area contributed by atoms with Crippen LogP contribution in [0.4, 0.5) is 0 Å². The average Bonchev–Trinajstić information content (AvgIpc) is 2.93. The molecule has 1 aromatic carbocycles. The molecule has 1 aromatic heterocycles. The van der Waals surface area contributed by atoms with Gasteiger partial charge in [0.1, 0.15) is 17.6 Å². The number of hydrogen-bond acceptors (Lipinski definition) is 4. The standard InChI is InChI=1S/C17H21NO2S/c1-3-14-11-18(12-16-5-4-8-21-16)10-13-9-15(19-2)6-7-17(13)20-14/h4-9,14H,3,10-12H2,1-2H3/t14-/m1/s1. The number of hydrogen-bond donors (Lipinski definition) is 0. The van der Waals surface area contributed by atoms with Crippen molar-refractivity contribution >= 4 is 11.3 Å². The van der Waals surface area contributed by atoms with Crippen LogP contribution in [0, 0.1) is 0 Å². The third-order valence-electron chi connectivity index (χ3n) is 3.83. The number of nitrogens with zero attached hydrogens (tertiary/aromatic N) is 1. The lowest BCUT2D eigenvalue weighted by molar-refractivity contribution is 0.140. The Kier molecular flexibility index (Phi) is 4.46. The topological polar surface area (TPSA) is 21.7 Å². The van der Waals surface area contributed by atoms with Gasteiger partial charge in [0.25, 0.3) is 0 Å². The summed E-state index contributed by atoms with van der Waals surface area (Å²) in [6.07, 6.45) is 1.27. The molecule has 112 valence electrons. The highest BCUT2D eigenvalue weighted by Crippen LogP contribution is 2.30. The average molecular weight is 303 g/mol. The smallest absolute Gasteiger partial charge is 0.124 e. The first kappa shape index (κ1) is 14.4. The molecule has 0 saturated carbocycles. The second-order valence-electron chi connectivity index (χ2n) is 5.37. The van der Waals surface area contributed by atoms with E-state index in [1.165, 1.54) is 10.4 Å². The van der Waals surface area contributed by atoms with Crippen molar-refractivity contribution in [2.24, 2.45) is 0 Å².